The molecule has 1 rings (SSSR count). The topological polar surface area (TPSA) is 54.0 Å². The van der Waals surface area contributed by atoms with Crippen LogP contribution in [0.25, 0.3) is 6.08 Å². The van der Waals surface area contributed by atoms with Crippen molar-refractivity contribution in [1.29, 1.82) is 0 Å². The molecule has 0 aromatic heterocycles. The van der Waals surface area contributed by atoms with Crippen molar-refractivity contribution < 1.29 is 23.7 Å². The first-order chi connectivity index (χ1) is 13.0. The fraction of sp³-hybridized carbons (Fsp3) is 0.609. The van der Waals surface area contributed by atoms with Crippen LogP contribution in [0.5, 0.6) is 5.75 Å². The van der Waals surface area contributed by atoms with Crippen LogP contribution >= 0.6 is 0 Å². The number of hydrogen-bond donors (Lipinski definition) is 0. The SMILES string of the molecule is CCOC(=O)/C=C/c1cccc(OC(OCCOC)(C(C)(C)C)C(C)(C)C)c1. The van der Waals surface area contributed by atoms with Crippen LogP contribution in [0, 0.1) is 10.8 Å². The third-order valence-electron chi connectivity index (χ3n) is 4.39. The molecule has 0 aliphatic heterocycles. The Labute approximate surface area is 170 Å². The average molecular weight is 393 g/mol. The predicted molar refractivity (Wildman–Crippen MR) is 112 cm³/mol. The third kappa shape index (κ3) is 6.35. The first-order valence-electron chi connectivity index (χ1n) is 9.73. The Hall–Kier alpha value is -1.85. The molecule has 1 aromatic carbocycles. The number of carbonyl (C=O) groups is 1. The highest BCUT2D eigenvalue weighted by Crippen LogP contribution is 2.48. The predicted octanol–water partition coefficient (Wildman–Crippen LogP) is 5.09. The molecule has 28 heavy (non-hydrogen) atoms. The Kier molecular flexibility index (Phi) is 8.71. The van der Waals surface area contributed by atoms with Crippen LogP contribution < -0.4 is 4.74 Å². The molecule has 0 aliphatic rings. The molecular formula is C23H36O5. The number of esters is 1. The molecule has 0 amide bonds. The minimum atomic E-state index is -0.887. The van der Waals surface area contributed by atoms with Crippen molar-refractivity contribution in [2.45, 2.75) is 54.3 Å². The number of rotatable bonds is 9. The van der Waals surface area contributed by atoms with E-state index in [1.807, 2.05) is 24.3 Å². The summed E-state index contributed by atoms with van der Waals surface area (Å²) in [6, 6.07) is 7.59. The van der Waals surface area contributed by atoms with Gasteiger partial charge in [-0.3, -0.25) is 0 Å². The Morgan fingerprint density at radius 2 is 1.68 bits per heavy atom. The van der Waals surface area contributed by atoms with Crippen LogP contribution in [0.2, 0.25) is 0 Å². The van der Waals surface area contributed by atoms with E-state index in [2.05, 4.69) is 41.5 Å². The molecule has 0 saturated heterocycles. The van der Waals surface area contributed by atoms with Crippen molar-refractivity contribution in [2.75, 3.05) is 26.9 Å². The Bertz CT molecular complexity index is 636. The first kappa shape index (κ1) is 24.2. The summed E-state index contributed by atoms with van der Waals surface area (Å²) in [6.07, 6.45) is 3.13. The van der Waals surface area contributed by atoms with Gasteiger partial charge in [-0.15, -0.1) is 0 Å². The van der Waals surface area contributed by atoms with E-state index in [4.69, 9.17) is 18.9 Å². The highest BCUT2D eigenvalue weighted by atomic mass is 16.7. The van der Waals surface area contributed by atoms with Gasteiger partial charge in [0.15, 0.2) is 0 Å². The lowest BCUT2D eigenvalue weighted by molar-refractivity contribution is -0.298. The van der Waals surface area contributed by atoms with Crippen LogP contribution in [-0.4, -0.2) is 38.7 Å². The van der Waals surface area contributed by atoms with E-state index >= 15 is 0 Å². The average Bonchev–Trinajstić information content (AvgIpc) is 2.58. The highest BCUT2D eigenvalue weighted by Gasteiger charge is 2.54. The van der Waals surface area contributed by atoms with Gasteiger partial charge in [0.2, 0.25) is 5.79 Å². The minimum absolute atomic E-state index is 0.310. The summed E-state index contributed by atoms with van der Waals surface area (Å²) < 4.78 is 23.0. The highest BCUT2D eigenvalue weighted by molar-refractivity contribution is 5.87. The van der Waals surface area contributed by atoms with E-state index in [0.717, 1.165) is 5.56 Å². The monoisotopic (exact) mass is 392 g/mol. The number of hydrogen-bond acceptors (Lipinski definition) is 5. The number of ether oxygens (including phenoxy) is 4. The molecule has 0 bridgehead atoms. The van der Waals surface area contributed by atoms with E-state index in [-0.39, 0.29) is 16.8 Å². The lowest BCUT2D eigenvalue weighted by Crippen LogP contribution is -2.60. The zero-order valence-corrected chi connectivity index (χ0v) is 18.6. The van der Waals surface area contributed by atoms with Gasteiger partial charge in [-0.2, -0.15) is 0 Å². The van der Waals surface area contributed by atoms with E-state index < -0.39 is 5.79 Å². The lowest BCUT2D eigenvalue weighted by atomic mass is 9.70. The second kappa shape index (κ2) is 10.1. The molecule has 158 valence electrons. The fourth-order valence-corrected chi connectivity index (χ4v) is 3.36. The van der Waals surface area contributed by atoms with Crippen molar-refractivity contribution in [3.05, 3.63) is 35.9 Å². The quantitative estimate of drug-likeness (QED) is 0.253. The van der Waals surface area contributed by atoms with Gasteiger partial charge in [-0.1, -0.05) is 53.7 Å². The van der Waals surface area contributed by atoms with Crippen LogP contribution in [0.1, 0.15) is 54.0 Å². The standard InChI is InChI=1S/C23H36O5/c1-9-26-20(24)14-13-18-11-10-12-19(17-18)28-23(21(2,3)4,22(5,6)7)27-16-15-25-8/h10-14,17H,9,15-16H2,1-8H3/b14-13+. The third-order valence-corrected chi connectivity index (χ3v) is 4.39. The number of methoxy groups -OCH3 is 1. The molecule has 1 aromatic rings. The van der Waals surface area contributed by atoms with Crippen LogP contribution in [0.3, 0.4) is 0 Å². The van der Waals surface area contributed by atoms with Crippen molar-refractivity contribution >= 4 is 12.0 Å². The summed E-state index contributed by atoms with van der Waals surface area (Å²) >= 11 is 0. The maximum atomic E-state index is 11.6. The normalized spacial score (nSPS) is 13.0. The molecule has 5 heteroatoms. The van der Waals surface area contributed by atoms with Gasteiger partial charge in [0, 0.05) is 24.0 Å². The molecule has 0 unspecified atom stereocenters. The maximum Gasteiger partial charge on any atom is 0.330 e. The Morgan fingerprint density at radius 3 is 2.21 bits per heavy atom. The largest absolute Gasteiger partial charge is 0.463 e. The van der Waals surface area contributed by atoms with Gasteiger partial charge >= 0.3 is 5.97 Å². The molecule has 0 aliphatic carbocycles. The fourth-order valence-electron chi connectivity index (χ4n) is 3.36. The van der Waals surface area contributed by atoms with E-state index in [0.29, 0.717) is 25.6 Å². The van der Waals surface area contributed by atoms with Gasteiger partial charge < -0.3 is 18.9 Å². The zero-order valence-electron chi connectivity index (χ0n) is 18.6. The van der Waals surface area contributed by atoms with Gasteiger partial charge in [0.25, 0.3) is 0 Å². The maximum absolute atomic E-state index is 11.6. The van der Waals surface area contributed by atoms with Crippen LogP contribution in [-0.2, 0) is 19.0 Å². The van der Waals surface area contributed by atoms with Gasteiger partial charge in [-0.05, 0) is 30.7 Å². The smallest absolute Gasteiger partial charge is 0.330 e. The first-order valence-corrected chi connectivity index (χ1v) is 9.73. The van der Waals surface area contributed by atoms with E-state index in [1.54, 1.807) is 20.1 Å². The van der Waals surface area contributed by atoms with Crippen molar-refractivity contribution in [1.82, 2.24) is 0 Å². The number of benzene rings is 1. The van der Waals surface area contributed by atoms with Gasteiger partial charge in [0.1, 0.15) is 5.75 Å². The minimum Gasteiger partial charge on any atom is -0.463 e. The van der Waals surface area contributed by atoms with Crippen LogP contribution in [0.4, 0.5) is 0 Å². The molecule has 0 radical (unpaired) electrons. The summed E-state index contributed by atoms with van der Waals surface area (Å²) in [4.78, 5) is 11.6. The number of carbonyl (C=O) groups excluding carboxylic acids is 1. The van der Waals surface area contributed by atoms with Crippen molar-refractivity contribution in [2.24, 2.45) is 10.8 Å². The molecule has 0 heterocycles. The molecule has 0 saturated carbocycles. The molecule has 5 nitrogen and oxygen atoms in total. The zero-order chi connectivity index (χ0) is 21.4. The summed E-state index contributed by atoms with van der Waals surface area (Å²) in [5.41, 5.74) is 0.227. The summed E-state index contributed by atoms with van der Waals surface area (Å²) in [6.45, 7) is 15.7. The Morgan fingerprint density at radius 1 is 1.04 bits per heavy atom. The second-order valence-corrected chi connectivity index (χ2v) is 8.72. The Balaban J connectivity index is 3.21. The molecular weight excluding hydrogens is 356 g/mol. The molecule has 0 N–H and O–H groups in total. The second-order valence-electron chi connectivity index (χ2n) is 8.72. The van der Waals surface area contributed by atoms with Crippen molar-refractivity contribution in [3.8, 4) is 5.75 Å². The summed E-state index contributed by atoms with van der Waals surface area (Å²) in [7, 11) is 1.65. The van der Waals surface area contributed by atoms with Gasteiger partial charge in [-0.25, -0.2) is 4.79 Å². The van der Waals surface area contributed by atoms with E-state index in [9.17, 15) is 4.79 Å². The van der Waals surface area contributed by atoms with Crippen molar-refractivity contribution in [3.63, 3.8) is 0 Å². The molecule has 0 fully saturated rings. The van der Waals surface area contributed by atoms with E-state index in [1.165, 1.54) is 6.08 Å². The summed E-state index contributed by atoms with van der Waals surface area (Å²) in [5, 5.41) is 0. The lowest BCUT2D eigenvalue weighted by Gasteiger charge is -2.52. The van der Waals surface area contributed by atoms with Gasteiger partial charge in [0.05, 0.1) is 19.8 Å². The summed E-state index contributed by atoms with van der Waals surface area (Å²) in [5.74, 6) is -0.578. The molecule has 0 spiro atoms. The van der Waals surface area contributed by atoms with Crippen LogP contribution in [0.15, 0.2) is 30.3 Å². The molecule has 0 atom stereocenters.